The van der Waals surface area contributed by atoms with Crippen molar-refractivity contribution in [1.29, 1.82) is 0 Å². The molecule has 23 heavy (non-hydrogen) atoms. The van der Waals surface area contributed by atoms with Crippen molar-refractivity contribution >= 4 is 21.0 Å². The van der Waals surface area contributed by atoms with E-state index in [2.05, 4.69) is 0 Å². The highest BCUT2D eigenvalue weighted by Gasteiger charge is 2.19. The second-order valence-electron chi connectivity index (χ2n) is 5.57. The van der Waals surface area contributed by atoms with Crippen LogP contribution in [0.3, 0.4) is 0 Å². The number of rotatable bonds is 4. The van der Waals surface area contributed by atoms with Crippen LogP contribution in [0.25, 0.3) is 11.1 Å². The first-order valence-electron chi connectivity index (χ1n) is 7.38. The van der Waals surface area contributed by atoms with Crippen molar-refractivity contribution in [3.05, 3.63) is 65.5 Å². The van der Waals surface area contributed by atoms with Crippen molar-refractivity contribution in [2.24, 2.45) is 0 Å². The Morgan fingerprint density at radius 3 is 1.78 bits per heavy atom. The fraction of sp³-hybridized carbons (Fsp3) is 0.222. The molecule has 0 N–H and O–H groups in total. The maximum Gasteiger partial charge on any atom is 0.207 e. The summed E-state index contributed by atoms with van der Waals surface area (Å²) >= 11 is 0. The van der Waals surface area contributed by atoms with E-state index in [1.165, 1.54) is 24.3 Å². The second-order valence-corrected chi connectivity index (χ2v) is 7.48. The lowest BCUT2D eigenvalue weighted by Crippen LogP contribution is -2.02. The zero-order chi connectivity index (χ0) is 16.4. The van der Waals surface area contributed by atoms with Crippen LogP contribution in [0, 0.1) is 5.82 Å². The van der Waals surface area contributed by atoms with E-state index in [-0.39, 0.29) is 10.7 Å². The predicted octanol–water partition coefficient (Wildman–Crippen LogP) is 4.62. The maximum atomic E-state index is 13.1. The van der Waals surface area contributed by atoms with Crippen LogP contribution in [0.4, 0.5) is 8.78 Å². The Bertz CT molecular complexity index is 836. The van der Waals surface area contributed by atoms with Gasteiger partial charge in [0.1, 0.15) is 5.82 Å². The zero-order valence-electron chi connectivity index (χ0n) is 12.4. The summed E-state index contributed by atoms with van der Waals surface area (Å²) in [6.07, 6.45) is 2.81. The van der Waals surface area contributed by atoms with Crippen LogP contribution in [0.2, 0.25) is 0 Å². The monoisotopic (exact) mass is 334 g/mol. The number of allylic oxidation sites excluding steroid dienone is 2. The summed E-state index contributed by atoms with van der Waals surface area (Å²) < 4.78 is 48.7. The van der Waals surface area contributed by atoms with Gasteiger partial charge in [-0.2, -0.15) is 0 Å². The van der Waals surface area contributed by atoms with Crippen LogP contribution in [-0.4, -0.2) is 14.4 Å². The van der Waals surface area contributed by atoms with Crippen LogP contribution >= 0.6 is 0 Å². The minimum absolute atomic E-state index is 0.00863. The molecule has 0 aromatic heterocycles. The number of alkyl halides is 1. The van der Waals surface area contributed by atoms with E-state index >= 15 is 0 Å². The number of hydrogen-bond donors (Lipinski definition) is 0. The van der Waals surface area contributed by atoms with Gasteiger partial charge in [0.25, 0.3) is 0 Å². The molecule has 2 nitrogen and oxygen atoms in total. The fourth-order valence-electron chi connectivity index (χ4n) is 2.96. The molecule has 0 aliphatic heterocycles. The van der Waals surface area contributed by atoms with E-state index in [0.717, 1.165) is 41.5 Å². The molecule has 0 heterocycles. The topological polar surface area (TPSA) is 34.1 Å². The zero-order valence-corrected chi connectivity index (χ0v) is 13.2. The number of hydrogen-bond acceptors (Lipinski definition) is 2. The Morgan fingerprint density at radius 2 is 1.30 bits per heavy atom. The standard InChI is InChI=1S/C18H16F2O2S/c19-12-23(21,22)16-10-6-14(7-11-16)18-3-1-2-17(18)13-4-8-15(20)9-5-13/h4-11H,1-3,12H2. The van der Waals surface area contributed by atoms with Gasteiger partial charge in [-0.1, -0.05) is 24.3 Å². The predicted molar refractivity (Wildman–Crippen MR) is 86.7 cm³/mol. The molecule has 0 amide bonds. The van der Waals surface area contributed by atoms with E-state index in [1.54, 1.807) is 24.3 Å². The number of halogens is 2. The van der Waals surface area contributed by atoms with Gasteiger partial charge < -0.3 is 0 Å². The van der Waals surface area contributed by atoms with Crippen LogP contribution in [0.15, 0.2) is 53.4 Å². The summed E-state index contributed by atoms with van der Waals surface area (Å²) in [7, 11) is -3.83. The molecular weight excluding hydrogens is 318 g/mol. The third-order valence-corrected chi connectivity index (χ3v) is 5.39. The van der Waals surface area contributed by atoms with Gasteiger partial charge >= 0.3 is 0 Å². The molecule has 0 unspecified atom stereocenters. The first-order valence-corrected chi connectivity index (χ1v) is 9.03. The summed E-state index contributed by atoms with van der Waals surface area (Å²) in [5, 5.41) is 0. The third-order valence-electron chi connectivity index (χ3n) is 4.12. The van der Waals surface area contributed by atoms with Gasteiger partial charge in [-0.25, -0.2) is 17.2 Å². The Labute approximate surface area is 134 Å². The molecule has 0 atom stereocenters. The van der Waals surface area contributed by atoms with Crippen molar-refractivity contribution in [3.63, 3.8) is 0 Å². The molecule has 0 bridgehead atoms. The smallest absolute Gasteiger partial charge is 0.207 e. The minimum Gasteiger partial charge on any atom is -0.233 e. The van der Waals surface area contributed by atoms with Crippen molar-refractivity contribution in [2.45, 2.75) is 24.2 Å². The second kappa shape index (κ2) is 6.24. The molecule has 2 aromatic carbocycles. The highest BCUT2D eigenvalue weighted by atomic mass is 32.2. The Balaban J connectivity index is 1.99. The van der Waals surface area contributed by atoms with Crippen molar-refractivity contribution in [3.8, 4) is 0 Å². The highest BCUT2D eigenvalue weighted by molar-refractivity contribution is 7.91. The number of sulfone groups is 1. The van der Waals surface area contributed by atoms with E-state index in [0.29, 0.717) is 0 Å². The Kier molecular flexibility index (Phi) is 4.31. The van der Waals surface area contributed by atoms with Crippen molar-refractivity contribution < 1.29 is 17.2 Å². The molecule has 0 spiro atoms. The highest BCUT2D eigenvalue weighted by Crippen LogP contribution is 2.39. The normalized spacial score (nSPS) is 15.2. The minimum atomic E-state index is -3.83. The van der Waals surface area contributed by atoms with Gasteiger partial charge in [-0.15, -0.1) is 0 Å². The van der Waals surface area contributed by atoms with Gasteiger partial charge in [0.05, 0.1) is 4.90 Å². The molecule has 0 saturated carbocycles. The first-order chi connectivity index (χ1) is 11.0. The van der Waals surface area contributed by atoms with Gasteiger partial charge in [-0.3, -0.25) is 0 Å². The van der Waals surface area contributed by atoms with E-state index in [9.17, 15) is 17.2 Å². The molecule has 0 saturated heterocycles. The van der Waals surface area contributed by atoms with Crippen LogP contribution < -0.4 is 0 Å². The third kappa shape index (κ3) is 3.20. The molecule has 3 rings (SSSR count). The van der Waals surface area contributed by atoms with E-state index < -0.39 is 15.8 Å². The molecular formula is C18H16F2O2S. The SMILES string of the molecule is O=S(=O)(CF)c1ccc(C2=C(c3ccc(F)cc3)CCC2)cc1. The molecule has 5 heteroatoms. The van der Waals surface area contributed by atoms with Gasteiger partial charge in [0, 0.05) is 0 Å². The summed E-state index contributed by atoms with van der Waals surface area (Å²) in [6.45, 7) is 0. The summed E-state index contributed by atoms with van der Waals surface area (Å²) in [4.78, 5) is -0.00863. The van der Waals surface area contributed by atoms with Crippen LogP contribution in [0.5, 0.6) is 0 Å². The maximum absolute atomic E-state index is 13.1. The molecule has 0 fully saturated rings. The summed E-state index contributed by atoms with van der Waals surface area (Å²) in [6, 6.07) is 11.3. The van der Waals surface area contributed by atoms with Gasteiger partial charge in [-0.05, 0) is 65.8 Å². The van der Waals surface area contributed by atoms with E-state index in [1.807, 2.05) is 0 Å². The fourth-order valence-corrected chi connectivity index (χ4v) is 3.64. The van der Waals surface area contributed by atoms with Gasteiger partial charge in [0.2, 0.25) is 9.84 Å². The molecule has 1 aliphatic carbocycles. The molecule has 1 aliphatic rings. The molecule has 0 radical (unpaired) electrons. The molecule has 120 valence electrons. The average Bonchev–Trinajstić information content (AvgIpc) is 3.05. The molecule has 2 aromatic rings. The van der Waals surface area contributed by atoms with E-state index in [4.69, 9.17) is 0 Å². The lowest BCUT2D eigenvalue weighted by Gasteiger charge is -2.09. The Hall–Kier alpha value is -2.01. The van der Waals surface area contributed by atoms with Crippen molar-refractivity contribution in [2.75, 3.05) is 6.01 Å². The summed E-state index contributed by atoms with van der Waals surface area (Å²) in [5.41, 5.74) is 4.21. The average molecular weight is 334 g/mol. The van der Waals surface area contributed by atoms with Crippen LogP contribution in [0.1, 0.15) is 30.4 Å². The number of benzene rings is 2. The lowest BCUT2D eigenvalue weighted by atomic mass is 9.97. The Morgan fingerprint density at radius 1 is 0.826 bits per heavy atom. The van der Waals surface area contributed by atoms with Gasteiger partial charge in [0.15, 0.2) is 6.01 Å². The first kappa shape index (κ1) is 15.9. The quantitative estimate of drug-likeness (QED) is 0.817. The lowest BCUT2D eigenvalue weighted by molar-refractivity contribution is 0.534. The summed E-state index contributed by atoms with van der Waals surface area (Å²) in [5.74, 6) is -0.269. The van der Waals surface area contributed by atoms with Crippen LogP contribution in [-0.2, 0) is 9.84 Å². The largest absolute Gasteiger partial charge is 0.233 e. The van der Waals surface area contributed by atoms with Crippen molar-refractivity contribution in [1.82, 2.24) is 0 Å².